The van der Waals surface area contributed by atoms with Gasteiger partial charge < -0.3 is 10.2 Å². The fourth-order valence-electron chi connectivity index (χ4n) is 3.48. The van der Waals surface area contributed by atoms with Crippen molar-refractivity contribution < 1.29 is 4.79 Å². The number of hydrogen-bond acceptors (Lipinski definition) is 3. The Morgan fingerprint density at radius 2 is 1.77 bits per heavy atom. The van der Waals surface area contributed by atoms with Gasteiger partial charge in [0, 0.05) is 25.7 Å². The molecule has 1 aliphatic heterocycles. The Morgan fingerprint density at radius 1 is 1.04 bits per heavy atom. The van der Waals surface area contributed by atoms with E-state index < -0.39 is 0 Å². The van der Waals surface area contributed by atoms with Gasteiger partial charge in [-0.25, -0.2) is 4.68 Å². The maximum absolute atomic E-state index is 13.3. The molecule has 1 fully saturated rings. The van der Waals surface area contributed by atoms with Gasteiger partial charge in [-0.1, -0.05) is 48.5 Å². The molecule has 1 atom stereocenters. The number of para-hydroxylation sites is 1. The number of piperazine rings is 1. The molecule has 1 aliphatic rings. The Bertz CT molecular complexity index is 860. The average molecular weight is 346 g/mol. The lowest BCUT2D eigenvalue weighted by atomic mass is 10.0. The monoisotopic (exact) mass is 346 g/mol. The highest BCUT2D eigenvalue weighted by Crippen LogP contribution is 2.17. The quantitative estimate of drug-likeness (QED) is 0.790. The molecule has 5 nitrogen and oxygen atoms in total. The predicted molar refractivity (Wildman–Crippen MR) is 101 cm³/mol. The molecular formula is C21H22N4O. The maximum atomic E-state index is 13.3. The fourth-order valence-corrected chi connectivity index (χ4v) is 3.48. The van der Waals surface area contributed by atoms with Gasteiger partial charge >= 0.3 is 0 Å². The highest BCUT2D eigenvalue weighted by atomic mass is 16.2. The summed E-state index contributed by atoms with van der Waals surface area (Å²) in [5.74, 6) is 0.0359. The fraction of sp³-hybridized carbons (Fsp3) is 0.238. The molecule has 3 aromatic rings. The molecule has 0 bridgehead atoms. The largest absolute Gasteiger partial charge is 0.331 e. The minimum Gasteiger partial charge on any atom is -0.331 e. The third-order valence-corrected chi connectivity index (χ3v) is 4.79. The molecule has 1 amide bonds. The van der Waals surface area contributed by atoms with Crippen LogP contribution >= 0.6 is 0 Å². The van der Waals surface area contributed by atoms with Crippen LogP contribution in [0.2, 0.25) is 0 Å². The minimum atomic E-state index is 0.0359. The second-order valence-electron chi connectivity index (χ2n) is 6.51. The number of hydrogen-bond donors (Lipinski definition) is 1. The van der Waals surface area contributed by atoms with Crippen molar-refractivity contribution in [2.24, 2.45) is 0 Å². The first-order chi connectivity index (χ1) is 12.8. The predicted octanol–water partition coefficient (Wildman–Crippen LogP) is 2.53. The third kappa shape index (κ3) is 3.39. The van der Waals surface area contributed by atoms with Crippen LogP contribution in [0, 0.1) is 0 Å². The van der Waals surface area contributed by atoms with Gasteiger partial charge in [-0.15, -0.1) is 0 Å². The summed E-state index contributed by atoms with van der Waals surface area (Å²) >= 11 is 0. The first-order valence-corrected chi connectivity index (χ1v) is 8.98. The summed E-state index contributed by atoms with van der Waals surface area (Å²) in [4.78, 5) is 15.3. The Balaban J connectivity index is 1.59. The van der Waals surface area contributed by atoms with E-state index in [-0.39, 0.29) is 11.9 Å². The minimum absolute atomic E-state index is 0.0359. The molecule has 2 aromatic carbocycles. The third-order valence-electron chi connectivity index (χ3n) is 4.79. The van der Waals surface area contributed by atoms with Crippen LogP contribution in [0.4, 0.5) is 0 Å². The first kappa shape index (κ1) is 16.5. The Kier molecular flexibility index (Phi) is 4.80. The molecule has 0 saturated carbocycles. The van der Waals surface area contributed by atoms with Crippen LogP contribution in [0.3, 0.4) is 0 Å². The van der Waals surface area contributed by atoms with Gasteiger partial charge in [0.25, 0.3) is 5.91 Å². The summed E-state index contributed by atoms with van der Waals surface area (Å²) in [6.45, 7) is 2.33. The lowest BCUT2D eigenvalue weighted by molar-refractivity contribution is 0.0626. The molecule has 26 heavy (non-hydrogen) atoms. The van der Waals surface area contributed by atoms with Crippen LogP contribution in [0.5, 0.6) is 0 Å². The average Bonchev–Trinajstić information content (AvgIpc) is 3.19. The summed E-state index contributed by atoms with van der Waals surface area (Å²) in [5, 5.41) is 7.78. The number of rotatable bonds is 4. The number of carbonyl (C=O) groups excluding carboxylic acids is 1. The molecule has 132 valence electrons. The van der Waals surface area contributed by atoms with E-state index in [4.69, 9.17) is 0 Å². The molecule has 2 heterocycles. The van der Waals surface area contributed by atoms with Crippen molar-refractivity contribution in [3.8, 4) is 5.69 Å². The topological polar surface area (TPSA) is 50.2 Å². The Labute approximate surface area is 153 Å². The number of nitrogens with zero attached hydrogens (tertiary/aromatic N) is 3. The van der Waals surface area contributed by atoms with E-state index in [9.17, 15) is 4.79 Å². The summed E-state index contributed by atoms with van der Waals surface area (Å²) in [6.07, 6.45) is 2.54. The van der Waals surface area contributed by atoms with Gasteiger partial charge in [-0.05, 0) is 30.2 Å². The van der Waals surface area contributed by atoms with Crippen molar-refractivity contribution in [2.45, 2.75) is 12.5 Å². The van der Waals surface area contributed by atoms with E-state index in [1.54, 1.807) is 16.9 Å². The van der Waals surface area contributed by atoms with E-state index in [1.807, 2.05) is 53.4 Å². The molecular weight excluding hydrogens is 324 g/mol. The van der Waals surface area contributed by atoms with Gasteiger partial charge in [0.1, 0.15) is 5.69 Å². The molecule has 1 aromatic heterocycles. The number of aromatic nitrogens is 2. The zero-order chi connectivity index (χ0) is 17.8. The molecule has 1 saturated heterocycles. The van der Waals surface area contributed by atoms with Crippen LogP contribution in [0.25, 0.3) is 5.69 Å². The van der Waals surface area contributed by atoms with Crippen molar-refractivity contribution in [1.82, 2.24) is 20.0 Å². The van der Waals surface area contributed by atoms with E-state index in [2.05, 4.69) is 22.5 Å². The van der Waals surface area contributed by atoms with Crippen molar-refractivity contribution in [3.05, 3.63) is 84.2 Å². The smallest absolute Gasteiger partial charge is 0.272 e. The van der Waals surface area contributed by atoms with Crippen LogP contribution in [0.15, 0.2) is 72.9 Å². The second kappa shape index (κ2) is 7.54. The van der Waals surface area contributed by atoms with Gasteiger partial charge in [-0.2, -0.15) is 5.10 Å². The van der Waals surface area contributed by atoms with E-state index >= 15 is 0 Å². The number of benzene rings is 2. The van der Waals surface area contributed by atoms with E-state index in [0.717, 1.165) is 25.2 Å². The second-order valence-corrected chi connectivity index (χ2v) is 6.51. The van der Waals surface area contributed by atoms with Crippen LogP contribution < -0.4 is 5.32 Å². The van der Waals surface area contributed by atoms with Gasteiger partial charge in [-0.3, -0.25) is 4.79 Å². The lowest BCUT2D eigenvalue weighted by Gasteiger charge is -2.36. The van der Waals surface area contributed by atoms with E-state index in [1.165, 1.54) is 5.56 Å². The van der Waals surface area contributed by atoms with Crippen LogP contribution in [0.1, 0.15) is 16.1 Å². The molecule has 0 aliphatic carbocycles. The molecule has 5 heteroatoms. The summed E-state index contributed by atoms with van der Waals surface area (Å²) < 4.78 is 1.73. The maximum Gasteiger partial charge on any atom is 0.272 e. The van der Waals surface area contributed by atoms with Crippen molar-refractivity contribution in [2.75, 3.05) is 19.6 Å². The number of nitrogens with one attached hydrogen (secondary N) is 1. The van der Waals surface area contributed by atoms with Crippen molar-refractivity contribution in [3.63, 3.8) is 0 Å². The molecule has 0 unspecified atom stereocenters. The van der Waals surface area contributed by atoms with E-state index in [0.29, 0.717) is 12.2 Å². The van der Waals surface area contributed by atoms with Gasteiger partial charge in [0.2, 0.25) is 0 Å². The molecule has 0 spiro atoms. The molecule has 4 rings (SSSR count). The normalized spacial score (nSPS) is 17.2. The van der Waals surface area contributed by atoms with Crippen LogP contribution in [-0.4, -0.2) is 46.3 Å². The molecule has 1 N–H and O–H groups in total. The highest BCUT2D eigenvalue weighted by molar-refractivity contribution is 5.93. The number of carbonyl (C=O) groups is 1. The summed E-state index contributed by atoms with van der Waals surface area (Å²) in [7, 11) is 0. The van der Waals surface area contributed by atoms with Crippen molar-refractivity contribution in [1.29, 1.82) is 0 Å². The zero-order valence-corrected chi connectivity index (χ0v) is 14.6. The van der Waals surface area contributed by atoms with Crippen molar-refractivity contribution >= 4 is 5.91 Å². The SMILES string of the molecule is O=C(c1ccnn1-c1ccccc1)N1CCNC[C@H]1Cc1ccccc1. The van der Waals surface area contributed by atoms with Gasteiger partial charge in [0.15, 0.2) is 0 Å². The van der Waals surface area contributed by atoms with Crippen LogP contribution in [-0.2, 0) is 6.42 Å². The highest BCUT2D eigenvalue weighted by Gasteiger charge is 2.29. The summed E-state index contributed by atoms with van der Waals surface area (Å²) in [6, 6.07) is 22.1. The summed E-state index contributed by atoms with van der Waals surface area (Å²) in [5.41, 5.74) is 2.75. The Morgan fingerprint density at radius 3 is 2.54 bits per heavy atom. The standard InChI is InChI=1S/C21H22N4O/c26-21(20-11-12-23-25(20)18-9-5-2-6-10-18)24-14-13-22-16-19(24)15-17-7-3-1-4-8-17/h1-12,19,22H,13-16H2/t19-/m1/s1. The molecule has 0 radical (unpaired) electrons. The number of amides is 1. The lowest BCUT2D eigenvalue weighted by Crippen LogP contribution is -2.54. The zero-order valence-electron chi connectivity index (χ0n) is 14.6. The first-order valence-electron chi connectivity index (χ1n) is 8.98. The Hall–Kier alpha value is -2.92. The van der Waals surface area contributed by atoms with Gasteiger partial charge in [0.05, 0.1) is 11.9 Å².